The Hall–Kier alpha value is -1.23. The van der Waals surface area contributed by atoms with E-state index in [1.54, 1.807) is 12.3 Å². The highest BCUT2D eigenvalue weighted by atomic mass is 32.2. The Balaban J connectivity index is 2.91. The molecule has 0 saturated heterocycles. The molecule has 0 aliphatic carbocycles. The molecule has 0 atom stereocenters. The summed E-state index contributed by atoms with van der Waals surface area (Å²) in [5.74, 6) is 0. The molecule has 0 spiro atoms. The van der Waals surface area contributed by atoms with Crippen LogP contribution in [0.25, 0.3) is 11.2 Å². The minimum Gasteiger partial charge on any atom is -0.303 e. The van der Waals surface area contributed by atoms with Crippen LogP contribution in [0.5, 0.6) is 0 Å². The lowest BCUT2D eigenvalue weighted by Crippen LogP contribution is -2.10. The van der Waals surface area contributed by atoms with Crippen molar-refractivity contribution in [1.29, 1.82) is 0 Å². The minimum atomic E-state index is -0.129. The first kappa shape index (κ1) is 7.42. The first-order valence-corrected chi connectivity index (χ1v) is 4.61. The Morgan fingerprint density at radius 3 is 3.25 bits per heavy atom. The van der Waals surface area contributed by atoms with Crippen molar-refractivity contribution in [1.82, 2.24) is 13.9 Å². The lowest BCUT2D eigenvalue weighted by Gasteiger charge is -1.92. The van der Waals surface area contributed by atoms with Crippen molar-refractivity contribution in [2.45, 2.75) is 0 Å². The van der Waals surface area contributed by atoms with Gasteiger partial charge in [-0.25, -0.2) is 13.8 Å². The molecule has 2 heterocycles. The van der Waals surface area contributed by atoms with Crippen LogP contribution in [0, 0.1) is 0 Å². The number of nitrogens with zero attached hydrogens (tertiary/aromatic N) is 2. The summed E-state index contributed by atoms with van der Waals surface area (Å²) in [7, 11) is 0. The average Bonchev–Trinajstić information content (AvgIpc) is 2.40. The Kier molecular flexibility index (Phi) is 1.65. The second kappa shape index (κ2) is 2.67. The summed E-state index contributed by atoms with van der Waals surface area (Å²) in [5, 5.41) is 0. The summed E-state index contributed by atoms with van der Waals surface area (Å²) in [5.41, 5.74) is 1.34. The molecule has 62 valence electrons. The normalized spacial score (nSPS) is 10.8. The molecule has 2 rings (SSSR count). The summed E-state index contributed by atoms with van der Waals surface area (Å²) in [6.45, 7) is 0. The van der Waals surface area contributed by atoms with Crippen LogP contribution in [0.3, 0.4) is 0 Å². The summed E-state index contributed by atoms with van der Waals surface area (Å²) in [6, 6.07) is 3.62. The van der Waals surface area contributed by atoms with Crippen LogP contribution in [0.15, 0.2) is 23.1 Å². The number of pyridine rings is 1. The predicted molar refractivity (Wildman–Crippen MR) is 49.3 cm³/mol. The highest BCUT2D eigenvalue weighted by Gasteiger charge is 2.04. The summed E-state index contributed by atoms with van der Waals surface area (Å²) < 4.78 is 1.52. The van der Waals surface area contributed by atoms with Gasteiger partial charge in [0.05, 0.1) is 5.52 Å². The number of imidazole rings is 1. The molecule has 12 heavy (non-hydrogen) atoms. The number of rotatable bonds is 1. The molecule has 4 nitrogen and oxygen atoms in total. The van der Waals surface area contributed by atoms with Gasteiger partial charge in [-0.2, -0.15) is 0 Å². The second-order valence-corrected chi connectivity index (χ2v) is 3.01. The van der Waals surface area contributed by atoms with Crippen LogP contribution in [0.2, 0.25) is 0 Å². The van der Waals surface area contributed by atoms with Gasteiger partial charge in [-0.15, -0.1) is 0 Å². The molecular formula is C7H7N3OS. The first-order chi connectivity index (χ1) is 5.83. The van der Waals surface area contributed by atoms with E-state index < -0.39 is 0 Å². The van der Waals surface area contributed by atoms with Crippen LogP contribution >= 0.6 is 11.9 Å². The maximum atomic E-state index is 11.2. The topological polar surface area (TPSA) is 50.7 Å². The van der Waals surface area contributed by atoms with Gasteiger partial charge in [0, 0.05) is 12.5 Å². The van der Waals surface area contributed by atoms with Gasteiger partial charge in [0.15, 0.2) is 5.65 Å². The van der Waals surface area contributed by atoms with Gasteiger partial charge in [0.1, 0.15) is 0 Å². The summed E-state index contributed by atoms with van der Waals surface area (Å²) in [4.78, 5) is 18.0. The fourth-order valence-electron chi connectivity index (χ4n) is 1.09. The summed E-state index contributed by atoms with van der Waals surface area (Å²) >= 11 is 1.34. The monoisotopic (exact) mass is 181 g/mol. The Morgan fingerprint density at radius 2 is 2.50 bits per heavy atom. The average molecular weight is 181 g/mol. The smallest absolute Gasteiger partial charge is 0.303 e. The quantitative estimate of drug-likeness (QED) is 0.709. The van der Waals surface area contributed by atoms with E-state index >= 15 is 0 Å². The number of hydrogen-bond acceptors (Lipinski definition) is 3. The summed E-state index contributed by atoms with van der Waals surface area (Å²) in [6.07, 6.45) is 3.51. The van der Waals surface area contributed by atoms with Gasteiger partial charge in [0.2, 0.25) is 0 Å². The molecule has 0 bridgehead atoms. The molecule has 0 aromatic carbocycles. The van der Waals surface area contributed by atoms with Crippen LogP contribution in [0.1, 0.15) is 0 Å². The molecule has 2 aromatic heterocycles. The van der Waals surface area contributed by atoms with E-state index in [-0.39, 0.29) is 5.69 Å². The molecule has 0 aliphatic heterocycles. The van der Waals surface area contributed by atoms with E-state index in [2.05, 4.69) is 9.97 Å². The van der Waals surface area contributed by atoms with Crippen molar-refractivity contribution in [3.63, 3.8) is 0 Å². The van der Waals surface area contributed by atoms with Crippen molar-refractivity contribution < 1.29 is 0 Å². The number of nitrogens with one attached hydrogen (secondary N) is 1. The molecule has 0 amide bonds. The van der Waals surface area contributed by atoms with Crippen molar-refractivity contribution in [2.24, 2.45) is 0 Å². The van der Waals surface area contributed by atoms with Gasteiger partial charge in [0.25, 0.3) is 0 Å². The third-order valence-electron chi connectivity index (χ3n) is 1.59. The zero-order valence-corrected chi connectivity index (χ0v) is 7.26. The Bertz CT molecular complexity index is 459. The molecule has 0 aliphatic rings. The van der Waals surface area contributed by atoms with Gasteiger partial charge in [-0.3, -0.25) is 0 Å². The van der Waals surface area contributed by atoms with E-state index in [9.17, 15) is 4.79 Å². The van der Waals surface area contributed by atoms with Crippen LogP contribution in [0.4, 0.5) is 0 Å². The molecule has 5 heteroatoms. The number of aromatic nitrogens is 3. The second-order valence-electron chi connectivity index (χ2n) is 2.28. The van der Waals surface area contributed by atoms with Gasteiger partial charge in [-0.1, -0.05) is 0 Å². The molecule has 0 fully saturated rings. The van der Waals surface area contributed by atoms with Gasteiger partial charge < -0.3 is 4.98 Å². The number of fused-ring (bicyclic) bond motifs is 1. The minimum absolute atomic E-state index is 0.129. The van der Waals surface area contributed by atoms with Gasteiger partial charge >= 0.3 is 5.69 Å². The van der Waals surface area contributed by atoms with E-state index in [0.717, 1.165) is 5.52 Å². The maximum absolute atomic E-state index is 11.2. The SMILES string of the molecule is CSn1c(=O)[nH]c2cccnc21. The number of H-pyrrole nitrogens is 1. The highest BCUT2D eigenvalue weighted by molar-refractivity contribution is 7.97. The largest absolute Gasteiger partial charge is 0.338 e. The van der Waals surface area contributed by atoms with E-state index in [1.807, 2.05) is 12.3 Å². The molecule has 0 radical (unpaired) electrons. The lowest BCUT2D eigenvalue weighted by molar-refractivity contribution is 1.14. The molecular weight excluding hydrogens is 174 g/mol. The zero-order chi connectivity index (χ0) is 8.55. The molecule has 1 N–H and O–H groups in total. The third kappa shape index (κ3) is 0.937. The van der Waals surface area contributed by atoms with Crippen molar-refractivity contribution in [2.75, 3.05) is 6.26 Å². The van der Waals surface area contributed by atoms with Gasteiger partial charge in [-0.05, 0) is 24.1 Å². The van der Waals surface area contributed by atoms with Crippen LogP contribution < -0.4 is 5.69 Å². The number of hydrogen-bond donors (Lipinski definition) is 1. The first-order valence-electron chi connectivity index (χ1n) is 3.43. The zero-order valence-electron chi connectivity index (χ0n) is 6.44. The highest BCUT2D eigenvalue weighted by Crippen LogP contribution is 2.09. The van der Waals surface area contributed by atoms with Crippen molar-refractivity contribution in [3.05, 3.63) is 28.8 Å². The fraction of sp³-hybridized carbons (Fsp3) is 0.143. The Labute approximate surface area is 72.8 Å². The molecule has 0 saturated carbocycles. The Morgan fingerprint density at radius 1 is 1.67 bits per heavy atom. The van der Waals surface area contributed by atoms with Crippen molar-refractivity contribution in [3.8, 4) is 0 Å². The molecule has 2 aromatic rings. The van der Waals surface area contributed by atoms with Crippen LogP contribution in [-0.2, 0) is 0 Å². The predicted octanol–water partition coefficient (Wildman–Crippen LogP) is 0.851. The lowest BCUT2D eigenvalue weighted by atomic mass is 10.4. The van der Waals surface area contributed by atoms with E-state index in [0.29, 0.717) is 5.65 Å². The van der Waals surface area contributed by atoms with E-state index in [1.165, 1.54) is 15.9 Å². The standard InChI is InChI=1S/C7H7N3OS/c1-12-10-6-5(9-7(10)11)3-2-4-8-6/h2-4H,1H3,(H,9,11). The molecule has 0 unspecified atom stereocenters. The maximum Gasteiger partial charge on any atom is 0.338 e. The van der Waals surface area contributed by atoms with E-state index in [4.69, 9.17) is 0 Å². The van der Waals surface area contributed by atoms with Crippen molar-refractivity contribution >= 4 is 23.1 Å². The number of aromatic amines is 1. The van der Waals surface area contributed by atoms with Crippen LogP contribution in [-0.4, -0.2) is 20.2 Å². The fourth-order valence-corrected chi connectivity index (χ4v) is 1.62. The third-order valence-corrected chi connectivity index (χ3v) is 2.29.